The van der Waals surface area contributed by atoms with Crippen LogP contribution in [-0.2, 0) is 9.59 Å². The van der Waals surface area contributed by atoms with Crippen LogP contribution in [0.4, 0.5) is 0 Å². The molecule has 0 saturated heterocycles. The van der Waals surface area contributed by atoms with E-state index in [0.717, 1.165) is 0 Å². The summed E-state index contributed by atoms with van der Waals surface area (Å²) in [6, 6.07) is 0. The predicted molar refractivity (Wildman–Crippen MR) is 102 cm³/mol. The minimum absolute atomic E-state index is 0.127. The second kappa shape index (κ2) is 7.05. The molecule has 4 nitrogen and oxygen atoms in total. The van der Waals surface area contributed by atoms with Crippen LogP contribution in [0.2, 0.25) is 0 Å². The maximum Gasteiger partial charge on any atom is 0.228 e. The molecule has 0 aliphatic rings. The molecule has 0 aromatic carbocycles. The lowest BCUT2D eigenvalue weighted by atomic mass is 9.76. The van der Waals surface area contributed by atoms with Crippen molar-refractivity contribution < 1.29 is 9.59 Å². The Hall–Kier alpha value is -1.06. The van der Waals surface area contributed by atoms with Crippen LogP contribution in [0.1, 0.15) is 82.1 Å². The number of carbonyl (C=O) groups excluding carboxylic acids is 2. The lowest BCUT2D eigenvalue weighted by molar-refractivity contribution is -0.147. The van der Waals surface area contributed by atoms with Crippen molar-refractivity contribution in [3.05, 3.63) is 0 Å². The van der Waals surface area contributed by atoms with Crippen LogP contribution >= 0.6 is 0 Å². The number of hydrogen-bond acceptors (Lipinski definition) is 2. The highest BCUT2D eigenvalue weighted by molar-refractivity contribution is 5.84. The van der Waals surface area contributed by atoms with Gasteiger partial charge in [-0.1, -0.05) is 27.7 Å². The summed E-state index contributed by atoms with van der Waals surface area (Å²) < 4.78 is 0. The summed E-state index contributed by atoms with van der Waals surface area (Å²) in [5.41, 5.74) is -1.38. The average Bonchev–Trinajstić information content (AvgIpc) is 2.39. The molecular formula is C20H40N2O2. The van der Waals surface area contributed by atoms with Gasteiger partial charge in [-0.05, 0) is 54.4 Å². The Labute approximate surface area is 150 Å². The predicted octanol–water partition coefficient (Wildman–Crippen LogP) is 4.33. The minimum atomic E-state index is -0.486. The quantitative estimate of drug-likeness (QED) is 0.747. The topological polar surface area (TPSA) is 40.6 Å². The third-order valence-corrected chi connectivity index (χ3v) is 5.15. The summed E-state index contributed by atoms with van der Waals surface area (Å²) in [5.74, 6) is 0.254. The molecule has 0 radical (unpaired) electrons. The molecule has 0 aliphatic carbocycles. The zero-order valence-electron chi connectivity index (χ0n) is 18.1. The van der Waals surface area contributed by atoms with Gasteiger partial charge in [0.15, 0.2) is 0 Å². The summed E-state index contributed by atoms with van der Waals surface area (Å²) >= 11 is 0. The summed E-state index contributed by atoms with van der Waals surface area (Å²) in [6.45, 7) is 20.1. The molecule has 2 amide bonds. The standard InChI is InChI=1S/C20H40N2O2/c1-17(2,3)21(11)15(23)19(7,8)13-14-20(9,10)16(24)22(12)18(4,5)6/h13-14H2,1-12H3. The SMILES string of the molecule is CN(C(=O)C(C)(C)CCC(C)(C)C(=O)N(C)C(C)(C)C)C(C)(C)C. The van der Waals surface area contributed by atoms with Gasteiger partial charge in [-0.3, -0.25) is 9.59 Å². The van der Waals surface area contributed by atoms with Gasteiger partial charge in [-0.25, -0.2) is 0 Å². The van der Waals surface area contributed by atoms with Crippen LogP contribution in [0, 0.1) is 10.8 Å². The summed E-state index contributed by atoms with van der Waals surface area (Å²) in [5, 5.41) is 0. The maximum atomic E-state index is 12.8. The van der Waals surface area contributed by atoms with Gasteiger partial charge < -0.3 is 9.80 Å². The van der Waals surface area contributed by atoms with E-state index in [1.165, 1.54) is 0 Å². The van der Waals surface area contributed by atoms with Gasteiger partial charge in [0, 0.05) is 36.0 Å². The van der Waals surface area contributed by atoms with Crippen LogP contribution in [-0.4, -0.2) is 46.8 Å². The number of nitrogens with zero attached hydrogens (tertiary/aromatic N) is 2. The number of rotatable bonds is 5. The lowest BCUT2D eigenvalue weighted by Crippen LogP contribution is -2.50. The van der Waals surface area contributed by atoms with Crippen molar-refractivity contribution in [3.63, 3.8) is 0 Å². The van der Waals surface area contributed by atoms with Crippen LogP contribution in [0.15, 0.2) is 0 Å². The zero-order valence-corrected chi connectivity index (χ0v) is 18.1. The van der Waals surface area contributed by atoms with Crippen LogP contribution < -0.4 is 0 Å². The Kier molecular flexibility index (Phi) is 6.74. The third-order valence-electron chi connectivity index (χ3n) is 5.15. The molecule has 0 saturated carbocycles. The highest BCUT2D eigenvalue weighted by Gasteiger charge is 2.39. The molecule has 0 unspecified atom stereocenters. The molecule has 0 heterocycles. The molecular weight excluding hydrogens is 300 g/mol. The fourth-order valence-electron chi connectivity index (χ4n) is 2.36. The second-order valence-corrected chi connectivity index (χ2v) is 10.3. The fourth-order valence-corrected chi connectivity index (χ4v) is 2.36. The van der Waals surface area contributed by atoms with E-state index in [4.69, 9.17) is 0 Å². The summed E-state index contributed by atoms with van der Waals surface area (Å²) in [6.07, 6.45) is 1.37. The zero-order chi connectivity index (χ0) is 19.7. The van der Waals surface area contributed by atoms with Crippen LogP contribution in [0.25, 0.3) is 0 Å². The van der Waals surface area contributed by atoms with Gasteiger partial charge in [-0.2, -0.15) is 0 Å². The molecule has 0 aromatic heterocycles. The highest BCUT2D eigenvalue weighted by atomic mass is 16.2. The fraction of sp³-hybridized carbons (Fsp3) is 0.900. The molecule has 0 fully saturated rings. The number of carbonyl (C=O) groups is 2. The van der Waals surface area contributed by atoms with Crippen molar-refractivity contribution in [2.45, 2.75) is 93.2 Å². The molecule has 0 spiro atoms. The molecule has 24 heavy (non-hydrogen) atoms. The first-order chi connectivity index (χ1) is 10.3. The summed E-state index contributed by atoms with van der Waals surface area (Å²) in [7, 11) is 3.71. The largest absolute Gasteiger partial charge is 0.340 e. The van der Waals surface area contributed by atoms with E-state index in [9.17, 15) is 9.59 Å². The smallest absolute Gasteiger partial charge is 0.228 e. The van der Waals surface area contributed by atoms with E-state index < -0.39 is 10.8 Å². The van der Waals surface area contributed by atoms with Gasteiger partial charge in [0.1, 0.15) is 0 Å². The summed E-state index contributed by atoms with van der Waals surface area (Å²) in [4.78, 5) is 29.3. The van der Waals surface area contributed by atoms with Gasteiger partial charge in [0.2, 0.25) is 11.8 Å². The van der Waals surface area contributed by atoms with Gasteiger partial charge in [0.25, 0.3) is 0 Å². The van der Waals surface area contributed by atoms with E-state index >= 15 is 0 Å². The monoisotopic (exact) mass is 340 g/mol. The molecule has 0 aliphatic heterocycles. The number of hydrogen-bond donors (Lipinski definition) is 0. The van der Waals surface area contributed by atoms with Crippen molar-refractivity contribution in [2.75, 3.05) is 14.1 Å². The second-order valence-electron chi connectivity index (χ2n) is 10.3. The van der Waals surface area contributed by atoms with Crippen molar-refractivity contribution >= 4 is 11.8 Å². The molecule has 0 aromatic rings. The van der Waals surface area contributed by atoms with Crippen molar-refractivity contribution in [3.8, 4) is 0 Å². The van der Waals surface area contributed by atoms with Gasteiger partial charge in [-0.15, -0.1) is 0 Å². The Morgan fingerprint density at radius 3 is 0.958 bits per heavy atom. The average molecular weight is 341 g/mol. The Morgan fingerprint density at radius 1 is 0.583 bits per heavy atom. The molecule has 4 heteroatoms. The molecule has 142 valence electrons. The third kappa shape index (κ3) is 5.78. The van der Waals surface area contributed by atoms with E-state index in [0.29, 0.717) is 12.8 Å². The van der Waals surface area contributed by atoms with E-state index in [2.05, 4.69) is 0 Å². The van der Waals surface area contributed by atoms with E-state index in [1.54, 1.807) is 0 Å². The molecule has 0 bridgehead atoms. The minimum Gasteiger partial charge on any atom is -0.340 e. The van der Waals surface area contributed by atoms with Gasteiger partial charge in [0.05, 0.1) is 0 Å². The van der Waals surface area contributed by atoms with Crippen LogP contribution in [0.3, 0.4) is 0 Å². The first-order valence-corrected chi connectivity index (χ1v) is 8.90. The van der Waals surface area contributed by atoms with Crippen molar-refractivity contribution in [1.82, 2.24) is 9.80 Å². The maximum absolute atomic E-state index is 12.8. The highest BCUT2D eigenvalue weighted by Crippen LogP contribution is 2.35. The first-order valence-electron chi connectivity index (χ1n) is 8.90. The molecule has 0 atom stereocenters. The van der Waals surface area contributed by atoms with Crippen molar-refractivity contribution in [2.24, 2.45) is 10.8 Å². The molecule has 0 rings (SSSR count). The van der Waals surface area contributed by atoms with E-state index in [-0.39, 0.29) is 22.9 Å². The normalized spacial score (nSPS) is 13.7. The first kappa shape index (κ1) is 22.9. The van der Waals surface area contributed by atoms with E-state index in [1.807, 2.05) is 93.1 Å². The Morgan fingerprint density at radius 2 is 0.792 bits per heavy atom. The Balaban J connectivity index is 5.10. The lowest BCUT2D eigenvalue weighted by Gasteiger charge is -2.41. The van der Waals surface area contributed by atoms with Crippen molar-refractivity contribution in [1.29, 1.82) is 0 Å². The number of amides is 2. The Bertz CT molecular complexity index is 421. The van der Waals surface area contributed by atoms with Crippen LogP contribution in [0.5, 0.6) is 0 Å². The van der Waals surface area contributed by atoms with Gasteiger partial charge >= 0.3 is 0 Å². The molecule has 0 N–H and O–H groups in total.